The lowest BCUT2D eigenvalue weighted by Crippen LogP contribution is -1.98. The Bertz CT molecular complexity index is 349. The molecule has 0 unspecified atom stereocenters. The van der Waals surface area contributed by atoms with Crippen LogP contribution in [0.5, 0.6) is 0 Å². The van der Waals surface area contributed by atoms with Gasteiger partial charge in [0.05, 0.1) is 7.11 Å². The van der Waals surface area contributed by atoms with Gasteiger partial charge in [-0.15, -0.1) is 0 Å². The highest BCUT2D eigenvalue weighted by Crippen LogP contribution is 2.08. The van der Waals surface area contributed by atoms with Gasteiger partial charge < -0.3 is 4.74 Å². The highest BCUT2D eigenvalue weighted by Gasteiger charge is 1.98. The van der Waals surface area contributed by atoms with Crippen molar-refractivity contribution in [1.82, 2.24) is 0 Å². The van der Waals surface area contributed by atoms with Crippen LogP contribution in [0.2, 0.25) is 0 Å². The van der Waals surface area contributed by atoms with E-state index in [0.29, 0.717) is 6.42 Å². The molecule has 0 heterocycles. The first-order valence-electron chi connectivity index (χ1n) is 8.03. The average molecular weight is 290 g/mol. The summed E-state index contributed by atoms with van der Waals surface area (Å²) in [6.07, 6.45) is 25.2. The van der Waals surface area contributed by atoms with Crippen molar-refractivity contribution in [2.24, 2.45) is 0 Å². The van der Waals surface area contributed by atoms with Crippen molar-refractivity contribution in [2.45, 2.75) is 58.3 Å². The fourth-order valence-electron chi connectivity index (χ4n) is 1.81. The van der Waals surface area contributed by atoms with Crippen molar-refractivity contribution in [1.29, 1.82) is 0 Å². The van der Waals surface area contributed by atoms with Crippen LogP contribution in [-0.4, -0.2) is 13.1 Å². The predicted molar refractivity (Wildman–Crippen MR) is 91.2 cm³/mol. The van der Waals surface area contributed by atoms with E-state index in [1.54, 1.807) is 0 Å². The average Bonchev–Trinajstić information content (AvgIpc) is 2.50. The topological polar surface area (TPSA) is 26.3 Å². The number of hydrogen-bond acceptors (Lipinski definition) is 2. The summed E-state index contributed by atoms with van der Waals surface area (Å²) in [7, 11) is 1.45. The first-order valence-corrected chi connectivity index (χ1v) is 8.03. The van der Waals surface area contributed by atoms with Gasteiger partial charge in [-0.2, -0.15) is 0 Å². The van der Waals surface area contributed by atoms with Gasteiger partial charge in [-0.25, -0.2) is 0 Å². The van der Waals surface area contributed by atoms with Crippen LogP contribution in [0.25, 0.3) is 0 Å². The second-order valence-corrected chi connectivity index (χ2v) is 4.92. The molecule has 0 amide bonds. The van der Waals surface area contributed by atoms with E-state index in [0.717, 1.165) is 25.7 Å². The normalized spacial score (nSPS) is 12.3. The molecular formula is C19H30O2. The Labute approximate surface area is 130 Å². The van der Waals surface area contributed by atoms with Gasteiger partial charge in [-0.1, -0.05) is 74.8 Å². The van der Waals surface area contributed by atoms with Gasteiger partial charge in [-0.3, -0.25) is 4.79 Å². The van der Waals surface area contributed by atoms with Crippen LogP contribution in [-0.2, 0) is 9.53 Å². The number of rotatable bonds is 12. The Morgan fingerprint density at radius 1 is 0.810 bits per heavy atom. The van der Waals surface area contributed by atoms with E-state index in [1.807, 2.05) is 18.2 Å². The first kappa shape index (κ1) is 19.4. The lowest BCUT2D eigenvalue weighted by atomic mass is 10.1. The zero-order valence-electron chi connectivity index (χ0n) is 13.6. The molecule has 0 aliphatic carbocycles. The largest absolute Gasteiger partial charge is 0.469 e. The maximum Gasteiger partial charge on any atom is 0.305 e. The Hall–Kier alpha value is -1.57. The standard InChI is InChI=1S/C19H30O2/c1-3-4-5-6-7-8-9-10-11-12-13-14-15-16-17-18-19(20)21-2/h4-11H,3,12-18H2,1-2H3/b5-4-,7-6+,9-8+,11-10+. The highest BCUT2D eigenvalue weighted by molar-refractivity contribution is 5.68. The number of unbranched alkanes of at least 4 members (excludes halogenated alkanes) is 5. The summed E-state index contributed by atoms with van der Waals surface area (Å²) in [5.41, 5.74) is 0. The van der Waals surface area contributed by atoms with Crippen LogP contribution in [0, 0.1) is 0 Å². The molecule has 0 N–H and O–H groups in total. The van der Waals surface area contributed by atoms with E-state index in [1.165, 1.54) is 26.4 Å². The van der Waals surface area contributed by atoms with Crippen molar-refractivity contribution in [3.8, 4) is 0 Å². The summed E-state index contributed by atoms with van der Waals surface area (Å²) in [5, 5.41) is 0. The number of methoxy groups -OCH3 is 1. The van der Waals surface area contributed by atoms with E-state index < -0.39 is 0 Å². The number of hydrogen-bond donors (Lipinski definition) is 0. The maximum atomic E-state index is 10.9. The third-order valence-corrected chi connectivity index (χ3v) is 3.04. The van der Waals surface area contributed by atoms with Gasteiger partial charge in [0, 0.05) is 6.42 Å². The third-order valence-electron chi connectivity index (χ3n) is 3.04. The summed E-state index contributed by atoms with van der Waals surface area (Å²) in [6.45, 7) is 2.13. The van der Waals surface area contributed by atoms with Gasteiger partial charge in [0.25, 0.3) is 0 Å². The van der Waals surface area contributed by atoms with Crippen LogP contribution in [0.15, 0.2) is 48.6 Å². The summed E-state index contributed by atoms with van der Waals surface area (Å²) in [4.78, 5) is 10.9. The molecule has 0 rings (SSSR count). The third kappa shape index (κ3) is 16.4. The fraction of sp³-hybridized carbons (Fsp3) is 0.526. The van der Waals surface area contributed by atoms with Gasteiger partial charge in [-0.05, 0) is 25.7 Å². The zero-order chi connectivity index (χ0) is 15.6. The summed E-state index contributed by atoms with van der Waals surface area (Å²) in [6, 6.07) is 0. The maximum absolute atomic E-state index is 10.9. The van der Waals surface area contributed by atoms with Gasteiger partial charge >= 0.3 is 5.97 Å². The SMILES string of the molecule is CC\C=C/C=C/C=C/C=C/CCCCCCCC(=O)OC. The van der Waals surface area contributed by atoms with Crippen LogP contribution in [0.1, 0.15) is 58.3 Å². The number of carbonyl (C=O) groups is 1. The Kier molecular flexibility index (Phi) is 15.3. The minimum atomic E-state index is -0.0936. The van der Waals surface area contributed by atoms with Crippen molar-refractivity contribution < 1.29 is 9.53 Å². The van der Waals surface area contributed by atoms with E-state index in [9.17, 15) is 4.79 Å². The molecule has 0 radical (unpaired) electrons. The monoisotopic (exact) mass is 290 g/mol. The molecule has 118 valence electrons. The fourth-order valence-corrected chi connectivity index (χ4v) is 1.81. The highest BCUT2D eigenvalue weighted by atomic mass is 16.5. The van der Waals surface area contributed by atoms with Gasteiger partial charge in [0.15, 0.2) is 0 Å². The van der Waals surface area contributed by atoms with Crippen molar-refractivity contribution in [3.05, 3.63) is 48.6 Å². The summed E-state index contributed by atoms with van der Waals surface area (Å²) >= 11 is 0. The molecular weight excluding hydrogens is 260 g/mol. The molecule has 21 heavy (non-hydrogen) atoms. The molecule has 0 aliphatic heterocycles. The van der Waals surface area contributed by atoms with Gasteiger partial charge in [0.1, 0.15) is 0 Å². The molecule has 0 atom stereocenters. The van der Waals surface area contributed by atoms with E-state index >= 15 is 0 Å². The van der Waals surface area contributed by atoms with E-state index in [2.05, 4.69) is 42.0 Å². The summed E-state index contributed by atoms with van der Waals surface area (Å²) < 4.78 is 4.61. The molecule has 0 saturated carbocycles. The molecule has 0 aromatic carbocycles. The van der Waals surface area contributed by atoms with Crippen molar-refractivity contribution >= 4 is 5.97 Å². The molecule has 0 saturated heterocycles. The predicted octanol–water partition coefficient (Wildman–Crippen LogP) is 5.52. The quantitative estimate of drug-likeness (QED) is 0.268. The first-order chi connectivity index (χ1) is 10.3. The Balaban J connectivity index is 3.36. The minimum absolute atomic E-state index is 0.0936. The van der Waals surface area contributed by atoms with Crippen LogP contribution in [0.3, 0.4) is 0 Å². The number of esters is 1. The number of carbonyl (C=O) groups excluding carboxylic acids is 1. The molecule has 0 aliphatic rings. The summed E-state index contributed by atoms with van der Waals surface area (Å²) in [5.74, 6) is -0.0936. The van der Waals surface area contributed by atoms with Crippen molar-refractivity contribution in [2.75, 3.05) is 7.11 Å². The van der Waals surface area contributed by atoms with Crippen molar-refractivity contribution in [3.63, 3.8) is 0 Å². The minimum Gasteiger partial charge on any atom is -0.469 e. The molecule has 0 spiro atoms. The smallest absolute Gasteiger partial charge is 0.305 e. The second-order valence-electron chi connectivity index (χ2n) is 4.92. The van der Waals surface area contributed by atoms with Crippen LogP contribution in [0.4, 0.5) is 0 Å². The molecule has 0 aromatic heterocycles. The van der Waals surface area contributed by atoms with Crippen LogP contribution >= 0.6 is 0 Å². The number of ether oxygens (including phenoxy) is 1. The zero-order valence-corrected chi connectivity index (χ0v) is 13.6. The Morgan fingerprint density at radius 2 is 1.38 bits per heavy atom. The molecule has 0 bridgehead atoms. The molecule has 2 heteroatoms. The Morgan fingerprint density at radius 3 is 2.05 bits per heavy atom. The molecule has 0 fully saturated rings. The number of allylic oxidation sites excluding steroid dienone is 8. The lowest BCUT2D eigenvalue weighted by molar-refractivity contribution is -0.140. The molecule has 2 nitrogen and oxygen atoms in total. The van der Waals surface area contributed by atoms with E-state index in [-0.39, 0.29) is 5.97 Å². The van der Waals surface area contributed by atoms with E-state index in [4.69, 9.17) is 0 Å². The second kappa shape index (κ2) is 16.5. The van der Waals surface area contributed by atoms with Crippen LogP contribution < -0.4 is 0 Å². The lowest BCUT2D eigenvalue weighted by Gasteiger charge is -1.99. The molecule has 0 aromatic rings. The van der Waals surface area contributed by atoms with Gasteiger partial charge in [0.2, 0.25) is 0 Å².